The molecule has 0 fully saturated rings. The van der Waals surface area contributed by atoms with E-state index >= 15 is 0 Å². The number of benzene rings is 2. The van der Waals surface area contributed by atoms with Crippen LogP contribution in [0.3, 0.4) is 0 Å². The van der Waals surface area contributed by atoms with Crippen LogP contribution < -0.4 is 28.9 Å². The van der Waals surface area contributed by atoms with Gasteiger partial charge in [-0.25, -0.2) is 0 Å². The summed E-state index contributed by atoms with van der Waals surface area (Å²) in [5, 5.41) is 0. The van der Waals surface area contributed by atoms with E-state index in [9.17, 15) is 0 Å². The fraction of sp³-hybridized carbons (Fsp3) is 0.276. The first-order chi connectivity index (χ1) is 16.8. The molecule has 2 nitrogen and oxygen atoms in total. The Morgan fingerprint density at radius 3 is 2.09 bits per heavy atom. The fourth-order valence-electron chi connectivity index (χ4n) is 4.83. The second kappa shape index (κ2) is 9.22. The Morgan fingerprint density at radius 1 is 0.812 bits per heavy atom. The van der Waals surface area contributed by atoms with Gasteiger partial charge in [-0.15, -0.1) is 0 Å². The lowest BCUT2D eigenvalue weighted by Crippen LogP contribution is -3.00. The summed E-state index contributed by atoms with van der Waals surface area (Å²) in [6, 6.07) is 14.6. The maximum absolute atomic E-state index is 8.55. The molecule has 0 N–H and O–H groups in total. The zero-order valence-corrected chi connectivity index (χ0v) is 21.7. The van der Waals surface area contributed by atoms with Crippen LogP contribution in [0, 0.1) is 0 Å². The van der Waals surface area contributed by atoms with E-state index in [4.69, 9.17) is 6.85 Å². The molecular weight excluding hydrogens is 503 g/mol. The van der Waals surface area contributed by atoms with Crippen LogP contribution >= 0.6 is 0 Å². The number of nitrogens with zero attached hydrogens (tertiary/aromatic N) is 2. The Hall–Kier alpha value is -2.40. The van der Waals surface area contributed by atoms with E-state index in [1.807, 2.05) is 60.0 Å². The first kappa shape index (κ1) is 18.1. The third kappa shape index (κ3) is 4.03. The lowest BCUT2D eigenvalue weighted by molar-refractivity contribution is -0.401. The number of para-hydroxylation sites is 2. The molecule has 0 atom stereocenters. The molecule has 0 unspecified atom stereocenters. The van der Waals surface area contributed by atoms with Gasteiger partial charge in [0.15, 0.2) is 5.71 Å². The van der Waals surface area contributed by atoms with Crippen molar-refractivity contribution in [3.63, 3.8) is 0 Å². The van der Waals surface area contributed by atoms with Gasteiger partial charge in [-0.3, -0.25) is 0 Å². The van der Waals surface area contributed by atoms with Gasteiger partial charge in [-0.05, 0) is 31.6 Å². The zero-order valence-electron chi connectivity index (χ0n) is 24.5. The molecular formula is C29H33IN2. The van der Waals surface area contributed by atoms with E-state index in [0.717, 1.165) is 33.9 Å². The third-order valence-corrected chi connectivity index (χ3v) is 6.57. The minimum absolute atomic E-state index is 0. The summed E-state index contributed by atoms with van der Waals surface area (Å²) in [5.74, 6) is 0. The molecule has 0 saturated heterocycles. The smallest absolute Gasteiger partial charge is 0.209 e. The summed E-state index contributed by atoms with van der Waals surface area (Å²) in [6.07, 6.45) is 3.22. The van der Waals surface area contributed by atoms with Gasteiger partial charge in [-0.2, -0.15) is 4.58 Å². The van der Waals surface area contributed by atoms with Gasteiger partial charge < -0.3 is 28.9 Å². The van der Waals surface area contributed by atoms with Crippen molar-refractivity contribution in [2.45, 2.75) is 38.5 Å². The molecule has 0 aliphatic carbocycles. The van der Waals surface area contributed by atoms with Crippen LogP contribution in [-0.2, 0) is 10.8 Å². The summed E-state index contributed by atoms with van der Waals surface area (Å²) in [7, 11) is 3.87. The Labute approximate surface area is 217 Å². The van der Waals surface area contributed by atoms with Crippen LogP contribution in [0.2, 0.25) is 0 Å². The molecule has 2 aromatic carbocycles. The summed E-state index contributed by atoms with van der Waals surface area (Å²) < 4.78 is 44.5. The summed E-state index contributed by atoms with van der Waals surface area (Å²) >= 11 is 0. The van der Waals surface area contributed by atoms with Crippen molar-refractivity contribution in [2.75, 3.05) is 19.0 Å². The van der Waals surface area contributed by atoms with Gasteiger partial charge in [0.25, 0.3) is 0 Å². The number of hydrogen-bond acceptors (Lipinski definition) is 1. The molecule has 2 aliphatic rings. The van der Waals surface area contributed by atoms with E-state index in [0.29, 0.717) is 0 Å². The van der Waals surface area contributed by atoms with Crippen molar-refractivity contribution in [1.29, 1.82) is 0 Å². The molecule has 4 rings (SSSR count). The number of halogens is 1. The monoisotopic (exact) mass is 541 g/mol. The normalized spacial score (nSPS) is 23.7. The minimum Gasteiger partial charge on any atom is -1.00 e. The van der Waals surface area contributed by atoms with Crippen molar-refractivity contribution in [1.82, 2.24) is 0 Å². The van der Waals surface area contributed by atoms with Crippen LogP contribution in [0.4, 0.5) is 11.4 Å². The molecule has 0 aromatic heterocycles. The molecule has 2 heterocycles. The van der Waals surface area contributed by atoms with Gasteiger partial charge in [0.05, 0.1) is 12.3 Å². The predicted octanol–water partition coefficient (Wildman–Crippen LogP) is 3.68. The molecule has 0 spiro atoms. The molecule has 3 heteroatoms. The number of allylic oxidation sites excluding steroid dienone is 8. The molecule has 0 bridgehead atoms. The van der Waals surface area contributed by atoms with E-state index < -0.39 is 6.05 Å². The first-order valence-corrected chi connectivity index (χ1v) is 10.6. The van der Waals surface area contributed by atoms with Crippen molar-refractivity contribution in [2.24, 2.45) is 0 Å². The number of hydrogen-bond donors (Lipinski definition) is 0. The minimum atomic E-state index is -0.439. The predicted molar refractivity (Wildman–Crippen MR) is 134 cm³/mol. The maximum Gasteiger partial charge on any atom is 0.209 e. The summed E-state index contributed by atoms with van der Waals surface area (Å²) in [5.41, 5.74) is 5.35. The second-order valence-corrected chi connectivity index (χ2v) is 9.13. The van der Waals surface area contributed by atoms with Crippen LogP contribution in [0.25, 0.3) is 0 Å². The number of anilines is 1. The summed E-state index contributed by atoms with van der Waals surface area (Å²) in [4.78, 5) is 2.01. The van der Waals surface area contributed by atoms with Gasteiger partial charge in [0, 0.05) is 41.6 Å². The Bertz CT molecular complexity index is 1410. The van der Waals surface area contributed by atoms with Gasteiger partial charge in [0.2, 0.25) is 5.69 Å². The van der Waals surface area contributed by atoms with E-state index in [1.54, 1.807) is 12.2 Å². The molecule has 2 aliphatic heterocycles. The van der Waals surface area contributed by atoms with Crippen molar-refractivity contribution in [3.05, 3.63) is 108 Å². The van der Waals surface area contributed by atoms with Gasteiger partial charge >= 0.3 is 0 Å². The highest BCUT2D eigenvalue weighted by atomic mass is 127. The molecule has 0 saturated carbocycles. The quantitative estimate of drug-likeness (QED) is 0.325. The maximum atomic E-state index is 8.55. The van der Waals surface area contributed by atoms with E-state index in [-0.39, 0.29) is 59.0 Å². The second-order valence-electron chi connectivity index (χ2n) is 9.13. The molecule has 0 radical (unpaired) electrons. The van der Waals surface area contributed by atoms with E-state index in [1.165, 1.54) is 0 Å². The van der Waals surface area contributed by atoms with Crippen molar-refractivity contribution < 1.29 is 35.4 Å². The van der Waals surface area contributed by atoms with E-state index in [2.05, 4.69) is 39.8 Å². The number of fused-ring (bicyclic) bond motifs is 2. The van der Waals surface area contributed by atoms with Gasteiger partial charge in [-0.1, -0.05) is 80.5 Å². The fourth-order valence-corrected chi connectivity index (χ4v) is 4.83. The van der Waals surface area contributed by atoms with Crippen LogP contribution in [0.5, 0.6) is 0 Å². The Kier molecular flexibility index (Phi) is 5.21. The zero-order chi connectivity index (χ0) is 26.6. The van der Waals surface area contributed by atoms with Crippen LogP contribution in [0.15, 0.2) is 96.6 Å². The molecule has 166 valence electrons. The SMILES string of the molecule is [2H]C(=CC1=[N+](C)c2ccccc2C1(C)C)C([2H])=C([2H])C([2H])=C([2H])C=C1N(C)c2ccccc2C1(C)C.[I-]. The Morgan fingerprint density at radius 2 is 1.41 bits per heavy atom. The standard InChI is InChI=1S/C29H33N2.HI/c1-28(2)22-16-12-14-18-24(22)30(5)26(28)20-10-8-7-9-11-21-27-29(3,4)23-17-13-15-19-25(23)31(27)6;/h7-21H,1-6H3;1H/q+1;/p-1/i7D,8D,9D,10D,11D;. The average molecular weight is 542 g/mol. The average Bonchev–Trinajstić information content (AvgIpc) is 3.17. The lowest BCUT2D eigenvalue weighted by Gasteiger charge is -2.23. The summed E-state index contributed by atoms with van der Waals surface area (Å²) in [6.45, 7) is 8.30. The largest absolute Gasteiger partial charge is 1.00 e. The topological polar surface area (TPSA) is 6.25 Å². The van der Waals surface area contributed by atoms with Crippen LogP contribution in [0.1, 0.15) is 45.7 Å². The number of likely N-dealkylation sites (N-methyl/N-ethyl adjacent to an activating group) is 1. The molecule has 2 aromatic rings. The third-order valence-electron chi connectivity index (χ3n) is 6.57. The Balaban J connectivity index is 0.00000380. The van der Waals surface area contributed by atoms with Gasteiger partial charge in [0.1, 0.15) is 7.05 Å². The van der Waals surface area contributed by atoms with Crippen LogP contribution in [-0.4, -0.2) is 24.4 Å². The lowest BCUT2D eigenvalue weighted by atomic mass is 9.81. The molecule has 0 amide bonds. The highest BCUT2D eigenvalue weighted by Gasteiger charge is 2.42. The highest BCUT2D eigenvalue weighted by Crippen LogP contribution is 2.46. The number of rotatable bonds is 4. The highest BCUT2D eigenvalue weighted by molar-refractivity contribution is 6.03. The van der Waals surface area contributed by atoms with Crippen molar-refractivity contribution in [3.8, 4) is 0 Å². The first-order valence-electron chi connectivity index (χ1n) is 13.1. The van der Waals surface area contributed by atoms with Crippen molar-refractivity contribution >= 4 is 17.1 Å². The molecule has 32 heavy (non-hydrogen) atoms.